The van der Waals surface area contributed by atoms with E-state index in [1.807, 2.05) is 47.4 Å². The van der Waals surface area contributed by atoms with E-state index in [9.17, 15) is 9.59 Å². The minimum absolute atomic E-state index is 0.0300. The Balaban J connectivity index is 1.24. The fourth-order valence-electron chi connectivity index (χ4n) is 4.23. The van der Waals surface area contributed by atoms with Gasteiger partial charge in [0.25, 0.3) is 5.91 Å². The quantitative estimate of drug-likeness (QED) is 0.823. The average Bonchev–Trinajstić information content (AvgIpc) is 3.22. The first-order valence-electron chi connectivity index (χ1n) is 10.5. The van der Waals surface area contributed by atoms with E-state index in [4.69, 9.17) is 0 Å². The first-order valence-corrected chi connectivity index (χ1v) is 11.4. The molecule has 0 saturated carbocycles. The summed E-state index contributed by atoms with van der Waals surface area (Å²) in [6.07, 6.45) is 2.84. The number of carbonyl (C=O) groups excluding carboxylic acids is 2. The van der Waals surface area contributed by atoms with Crippen LogP contribution in [0.1, 0.15) is 39.2 Å². The third kappa shape index (κ3) is 4.87. The molecule has 6 heteroatoms. The van der Waals surface area contributed by atoms with Gasteiger partial charge in [-0.2, -0.15) is 0 Å². The lowest BCUT2D eigenvalue weighted by molar-refractivity contribution is -0.126. The van der Waals surface area contributed by atoms with Crippen LogP contribution in [0.2, 0.25) is 0 Å². The molecule has 2 aliphatic rings. The Morgan fingerprint density at radius 3 is 2.83 bits per heavy atom. The van der Waals surface area contributed by atoms with Crippen molar-refractivity contribution in [2.24, 2.45) is 5.92 Å². The highest BCUT2D eigenvalue weighted by atomic mass is 32.1. The van der Waals surface area contributed by atoms with Crippen molar-refractivity contribution < 1.29 is 9.59 Å². The van der Waals surface area contributed by atoms with Crippen molar-refractivity contribution in [1.29, 1.82) is 0 Å². The van der Waals surface area contributed by atoms with Crippen molar-refractivity contribution in [3.05, 3.63) is 57.3 Å². The molecule has 29 heavy (non-hydrogen) atoms. The number of rotatable bonds is 5. The van der Waals surface area contributed by atoms with Gasteiger partial charge in [0.2, 0.25) is 5.91 Å². The lowest BCUT2D eigenvalue weighted by atomic mass is 9.96. The summed E-state index contributed by atoms with van der Waals surface area (Å²) in [6, 6.07) is 9.88. The third-order valence-electron chi connectivity index (χ3n) is 5.99. The standard InChI is InChI=1S/C23H29N3O2S/c1-17-4-6-18(7-5-17)23(28)26-11-2-3-20(16-26)22(27)24-10-13-25-12-8-21-19(15-25)9-14-29-21/h4-7,9,14,20H,2-3,8,10-13,15-16H2,1H3,(H,24,27). The zero-order valence-corrected chi connectivity index (χ0v) is 17.8. The summed E-state index contributed by atoms with van der Waals surface area (Å²) in [4.78, 5) is 31.2. The van der Waals surface area contributed by atoms with Crippen molar-refractivity contribution >= 4 is 23.2 Å². The number of hydrogen-bond donors (Lipinski definition) is 1. The number of nitrogens with zero attached hydrogens (tertiary/aromatic N) is 2. The Kier molecular flexibility index (Phi) is 6.31. The molecule has 1 aromatic carbocycles. The molecule has 2 aliphatic heterocycles. The molecule has 154 valence electrons. The van der Waals surface area contributed by atoms with Gasteiger partial charge in [-0.1, -0.05) is 17.7 Å². The highest BCUT2D eigenvalue weighted by molar-refractivity contribution is 7.10. The van der Waals surface area contributed by atoms with Crippen LogP contribution in [0, 0.1) is 12.8 Å². The van der Waals surface area contributed by atoms with Crippen LogP contribution < -0.4 is 5.32 Å². The minimum Gasteiger partial charge on any atom is -0.355 e. The molecule has 1 N–H and O–H groups in total. The van der Waals surface area contributed by atoms with E-state index < -0.39 is 0 Å². The van der Waals surface area contributed by atoms with Crippen LogP contribution in [-0.2, 0) is 17.8 Å². The van der Waals surface area contributed by atoms with Crippen LogP contribution in [0.4, 0.5) is 0 Å². The number of likely N-dealkylation sites (tertiary alicyclic amines) is 1. The monoisotopic (exact) mass is 411 g/mol. The average molecular weight is 412 g/mol. The maximum atomic E-state index is 12.8. The zero-order chi connectivity index (χ0) is 20.2. The summed E-state index contributed by atoms with van der Waals surface area (Å²) in [7, 11) is 0. The Labute approximate surface area is 176 Å². The van der Waals surface area contributed by atoms with Crippen molar-refractivity contribution in [1.82, 2.24) is 15.1 Å². The second-order valence-electron chi connectivity index (χ2n) is 8.14. The van der Waals surface area contributed by atoms with Crippen LogP contribution in [0.5, 0.6) is 0 Å². The topological polar surface area (TPSA) is 52.7 Å². The SMILES string of the molecule is Cc1ccc(C(=O)N2CCCC(C(=O)NCCN3CCc4sccc4C3)C2)cc1. The van der Waals surface area contributed by atoms with E-state index in [-0.39, 0.29) is 17.7 Å². The minimum atomic E-state index is -0.108. The van der Waals surface area contributed by atoms with E-state index in [1.165, 1.54) is 10.4 Å². The number of fused-ring (bicyclic) bond motifs is 1. The van der Waals surface area contributed by atoms with E-state index in [0.29, 0.717) is 18.7 Å². The fourth-order valence-corrected chi connectivity index (χ4v) is 5.12. The molecule has 1 fully saturated rings. The molecule has 1 saturated heterocycles. The van der Waals surface area contributed by atoms with Gasteiger partial charge in [0, 0.05) is 49.7 Å². The molecule has 1 unspecified atom stereocenters. The smallest absolute Gasteiger partial charge is 0.253 e. The summed E-state index contributed by atoms with van der Waals surface area (Å²) in [6.45, 7) is 6.84. The van der Waals surface area contributed by atoms with Gasteiger partial charge in [0.15, 0.2) is 0 Å². The number of nitrogens with one attached hydrogen (secondary N) is 1. The number of carbonyl (C=O) groups is 2. The third-order valence-corrected chi connectivity index (χ3v) is 7.01. The van der Waals surface area contributed by atoms with Gasteiger partial charge in [0.05, 0.1) is 5.92 Å². The maximum Gasteiger partial charge on any atom is 0.253 e. The maximum absolute atomic E-state index is 12.8. The molecule has 0 aliphatic carbocycles. The number of aryl methyl sites for hydroxylation is 1. The van der Waals surface area contributed by atoms with Gasteiger partial charge in [-0.3, -0.25) is 14.5 Å². The molecular formula is C23H29N3O2S. The van der Waals surface area contributed by atoms with Crippen LogP contribution in [0.15, 0.2) is 35.7 Å². The first kappa shape index (κ1) is 20.1. The fraction of sp³-hybridized carbons (Fsp3) is 0.478. The largest absolute Gasteiger partial charge is 0.355 e. The second kappa shape index (κ2) is 9.09. The van der Waals surface area contributed by atoms with Crippen molar-refractivity contribution in [2.45, 2.75) is 32.7 Å². The summed E-state index contributed by atoms with van der Waals surface area (Å²) in [5.41, 5.74) is 3.28. The summed E-state index contributed by atoms with van der Waals surface area (Å²) in [5, 5.41) is 5.28. The van der Waals surface area contributed by atoms with Gasteiger partial charge in [-0.25, -0.2) is 0 Å². The zero-order valence-electron chi connectivity index (χ0n) is 17.0. The normalized spacial score (nSPS) is 19.6. The molecule has 2 aromatic rings. The molecule has 0 bridgehead atoms. The van der Waals surface area contributed by atoms with Crippen LogP contribution >= 0.6 is 11.3 Å². The van der Waals surface area contributed by atoms with E-state index >= 15 is 0 Å². The van der Waals surface area contributed by atoms with Crippen molar-refractivity contribution in [3.8, 4) is 0 Å². The van der Waals surface area contributed by atoms with Crippen LogP contribution in [0.25, 0.3) is 0 Å². The predicted octanol–water partition coefficient (Wildman–Crippen LogP) is 3.08. The summed E-state index contributed by atoms with van der Waals surface area (Å²) < 4.78 is 0. The molecule has 5 nitrogen and oxygen atoms in total. The van der Waals surface area contributed by atoms with E-state index in [0.717, 1.165) is 51.0 Å². The molecule has 0 radical (unpaired) electrons. The summed E-state index contributed by atoms with van der Waals surface area (Å²) >= 11 is 1.85. The lowest BCUT2D eigenvalue weighted by Gasteiger charge is -2.32. The highest BCUT2D eigenvalue weighted by Crippen LogP contribution is 2.23. The lowest BCUT2D eigenvalue weighted by Crippen LogP contribution is -2.46. The van der Waals surface area contributed by atoms with Crippen LogP contribution in [0.3, 0.4) is 0 Å². The van der Waals surface area contributed by atoms with Crippen molar-refractivity contribution in [3.63, 3.8) is 0 Å². The Hall–Kier alpha value is -2.18. The molecule has 1 aromatic heterocycles. The van der Waals surface area contributed by atoms with Crippen LogP contribution in [-0.4, -0.2) is 54.3 Å². The molecule has 1 atom stereocenters. The highest BCUT2D eigenvalue weighted by Gasteiger charge is 2.29. The second-order valence-corrected chi connectivity index (χ2v) is 9.14. The molecule has 2 amide bonds. The molecule has 3 heterocycles. The first-order chi connectivity index (χ1) is 14.1. The van der Waals surface area contributed by atoms with Gasteiger partial charge in [0.1, 0.15) is 0 Å². The van der Waals surface area contributed by atoms with Gasteiger partial charge in [-0.05, 0) is 55.3 Å². The van der Waals surface area contributed by atoms with Crippen molar-refractivity contribution in [2.75, 3.05) is 32.7 Å². The van der Waals surface area contributed by atoms with E-state index in [2.05, 4.69) is 21.7 Å². The number of benzene rings is 1. The number of thiophene rings is 1. The van der Waals surface area contributed by atoms with E-state index in [1.54, 1.807) is 0 Å². The molecular weight excluding hydrogens is 382 g/mol. The molecule has 0 spiro atoms. The van der Waals surface area contributed by atoms with Gasteiger partial charge >= 0.3 is 0 Å². The van der Waals surface area contributed by atoms with Gasteiger partial charge in [-0.15, -0.1) is 11.3 Å². The molecule has 4 rings (SSSR count). The summed E-state index contributed by atoms with van der Waals surface area (Å²) in [5.74, 6) is 0.00463. The predicted molar refractivity (Wildman–Crippen MR) is 116 cm³/mol. The number of hydrogen-bond acceptors (Lipinski definition) is 4. The Bertz CT molecular complexity index is 861. The van der Waals surface area contributed by atoms with Gasteiger partial charge < -0.3 is 10.2 Å². The number of piperidine rings is 1. The Morgan fingerprint density at radius 1 is 1.17 bits per heavy atom. The Morgan fingerprint density at radius 2 is 2.00 bits per heavy atom. The number of amides is 2.